The molecule has 0 aliphatic carbocycles. The molecule has 2 atom stereocenters. The number of piperazine rings is 1. The first-order valence-corrected chi connectivity index (χ1v) is 8.23. The number of nitrogens with zero attached hydrogens (tertiary/aromatic N) is 3. The molecule has 1 aromatic heterocycles. The summed E-state index contributed by atoms with van der Waals surface area (Å²) in [5, 5.41) is 10.8. The average molecular weight is 386 g/mol. The maximum atomic E-state index is 12.2. The summed E-state index contributed by atoms with van der Waals surface area (Å²) in [5.74, 6) is 0.814. The molecular formula is C16H21Cl2N5O2. The highest BCUT2D eigenvalue weighted by Crippen LogP contribution is 2.20. The number of rotatable bonds is 4. The van der Waals surface area contributed by atoms with Crippen LogP contribution >= 0.6 is 24.0 Å². The van der Waals surface area contributed by atoms with E-state index in [0.29, 0.717) is 22.3 Å². The molecule has 2 aromatic rings. The Balaban J connectivity index is 0.00000225. The molecule has 1 saturated heterocycles. The second kappa shape index (κ2) is 8.62. The van der Waals surface area contributed by atoms with Crippen LogP contribution in [0.4, 0.5) is 0 Å². The number of amides is 1. The molecule has 2 unspecified atom stereocenters. The van der Waals surface area contributed by atoms with Gasteiger partial charge in [0, 0.05) is 30.2 Å². The molecule has 3 rings (SSSR count). The van der Waals surface area contributed by atoms with Crippen LogP contribution in [-0.4, -0.2) is 47.6 Å². The van der Waals surface area contributed by atoms with Crippen LogP contribution in [0.5, 0.6) is 0 Å². The Morgan fingerprint density at radius 2 is 2.16 bits per heavy atom. The zero-order chi connectivity index (χ0) is 17.1. The van der Waals surface area contributed by atoms with Crippen molar-refractivity contribution in [2.45, 2.75) is 19.0 Å². The van der Waals surface area contributed by atoms with Gasteiger partial charge < -0.3 is 15.2 Å². The molecule has 1 fully saturated rings. The molecule has 2 N–H and O–H groups in total. The van der Waals surface area contributed by atoms with E-state index < -0.39 is 0 Å². The SMILES string of the molecule is CC(NC(=O)c1ccc(Cl)cc1)c1nc(C2CNCCN2C)no1.Cl. The van der Waals surface area contributed by atoms with Gasteiger partial charge in [0.05, 0.1) is 6.04 Å². The number of nitrogens with one attached hydrogen (secondary N) is 2. The van der Waals surface area contributed by atoms with Gasteiger partial charge in [-0.1, -0.05) is 16.8 Å². The van der Waals surface area contributed by atoms with Crippen molar-refractivity contribution in [3.05, 3.63) is 46.6 Å². The van der Waals surface area contributed by atoms with Crippen molar-refractivity contribution in [1.82, 2.24) is 25.7 Å². The van der Waals surface area contributed by atoms with E-state index in [2.05, 4.69) is 25.7 Å². The summed E-state index contributed by atoms with van der Waals surface area (Å²) in [7, 11) is 2.03. The van der Waals surface area contributed by atoms with Crippen LogP contribution in [-0.2, 0) is 0 Å². The van der Waals surface area contributed by atoms with Crippen LogP contribution in [0.3, 0.4) is 0 Å². The zero-order valence-electron chi connectivity index (χ0n) is 14.0. The lowest BCUT2D eigenvalue weighted by molar-refractivity contribution is 0.0932. The van der Waals surface area contributed by atoms with Crippen molar-refractivity contribution in [1.29, 1.82) is 0 Å². The van der Waals surface area contributed by atoms with E-state index >= 15 is 0 Å². The van der Waals surface area contributed by atoms with Crippen molar-refractivity contribution in [3.8, 4) is 0 Å². The smallest absolute Gasteiger partial charge is 0.251 e. The van der Waals surface area contributed by atoms with Gasteiger partial charge >= 0.3 is 0 Å². The summed E-state index contributed by atoms with van der Waals surface area (Å²) in [4.78, 5) is 18.9. The molecule has 25 heavy (non-hydrogen) atoms. The Kier molecular flexibility index (Phi) is 6.78. The van der Waals surface area contributed by atoms with E-state index in [9.17, 15) is 4.79 Å². The van der Waals surface area contributed by atoms with Gasteiger partial charge in [-0.2, -0.15) is 4.98 Å². The molecule has 0 bridgehead atoms. The number of carbonyl (C=O) groups is 1. The largest absolute Gasteiger partial charge is 0.341 e. The number of halogens is 2. The molecule has 2 heterocycles. The molecule has 136 valence electrons. The zero-order valence-corrected chi connectivity index (χ0v) is 15.6. The fourth-order valence-corrected chi connectivity index (χ4v) is 2.72. The number of hydrogen-bond acceptors (Lipinski definition) is 6. The number of aromatic nitrogens is 2. The number of benzene rings is 1. The molecule has 0 spiro atoms. The standard InChI is InChI=1S/C16H20ClN5O2.ClH/c1-10(19-15(23)11-3-5-12(17)6-4-11)16-20-14(21-24-16)13-9-18-7-8-22(13)2;/h3-6,10,13,18H,7-9H2,1-2H3,(H,19,23);1H. The average Bonchev–Trinajstić information content (AvgIpc) is 3.05. The number of likely N-dealkylation sites (N-methyl/N-ethyl adjacent to an activating group) is 1. The van der Waals surface area contributed by atoms with Crippen LogP contribution in [0, 0.1) is 0 Å². The lowest BCUT2D eigenvalue weighted by Crippen LogP contribution is -2.44. The highest BCUT2D eigenvalue weighted by molar-refractivity contribution is 6.30. The van der Waals surface area contributed by atoms with E-state index in [-0.39, 0.29) is 30.4 Å². The molecule has 1 amide bonds. The first-order chi connectivity index (χ1) is 11.5. The Labute approximate surface area is 157 Å². The van der Waals surface area contributed by atoms with Crippen LogP contribution in [0.1, 0.15) is 41.1 Å². The summed E-state index contributed by atoms with van der Waals surface area (Å²) in [6.45, 7) is 4.47. The molecule has 1 aliphatic heterocycles. The second-order valence-electron chi connectivity index (χ2n) is 5.89. The van der Waals surface area contributed by atoms with Gasteiger partial charge in [-0.15, -0.1) is 12.4 Å². The molecule has 1 aliphatic rings. The van der Waals surface area contributed by atoms with Crippen molar-refractivity contribution in [2.75, 3.05) is 26.7 Å². The van der Waals surface area contributed by atoms with Crippen LogP contribution in [0.25, 0.3) is 0 Å². The van der Waals surface area contributed by atoms with Gasteiger partial charge in [0.15, 0.2) is 5.82 Å². The van der Waals surface area contributed by atoms with Crippen molar-refractivity contribution >= 4 is 29.9 Å². The first-order valence-electron chi connectivity index (χ1n) is 7.85. The Bertz CT molecular complexity index is 707. The van der Waals surface area contributed by atoms with Gasteiger partial charge in [0.25, 0.3) is 5.91 Å². The van der Waals surface area contributed by atoms with E-state index in [1.54, 1.807) is 24.3 Å². The van der Waals surface area contributed by atoms with Crippen LogP contribution in [0.2, 0.25) is 5.02 Å². The Hall–Kier alpha value is -1.67. The van der Waals surface area contributed by atoms with Gasteiger partial charge in [-0.05, 0) is 38.2 Å². The third-order valence-electron chi connectivity index (χ3n) is 4.09. The Morgan fingerprint density at radius 1 is 1.44 bits per heavy atom. The van der Waals surface area contributed by atoms with Gasteiger partial charge in [0.2, 0.25) is 5.89 Å². The fourth-order valence-electron chi connectivity index (χ4n) is 2.60. The topological polar surface area (TPSA) is 83.3 Å². The summed E-state index contributed by atoms with van der Waals surface area (Å²) in [6, 6.07) is 6.40. The lowest BCUT2D eigenvalue weighted by atomic mass is 10.2. The number of hydrogen-bond donors (Lipinski definition) is 2. The van der Waals surface area contributed by atoms with Gasteiger partial charge in [-0.3, -0.25) is 9.69 Å². The molecule has 7 nitrogen and oxygen atoms in total. The van der Waals surface area contributed by atoms with Crippen molar-refractivity contribution in [2.24, 2.45) is 0 Å². The van der Waals surface area contributed by atoms with Gasteiger partial charge in [0.1, 0.15) is 6.04 Å². The number of carbonyl (C=O) groups excluding carboxylic acids is 1. The monoisotopic (exact) mass is 385 g/mol. The maximum absolute atomic E-state index is 12.2. The highest BCUT2D eigenvalue weighted by Gasteiger charge is 2.26. The molecule has 0 saturated carbocycles. The minimum absolute atomic E-state index is 0. The third kappa shape index (κ3) is 4.70. The fraction of sp³-hybridized carbons (Fsp3) is 0.438. The molecular weight excluding hydrogens is 365 g/mol. The molecule has 1 aromatic carbocycles. The molecule has 9 heteroatoms. The maximum Gasteiger partial charge on any atom is 0.251 e. The van der Waals surface area contributed by atoms with E-state index in [4.69, 9.17) is 16.1 Å². The van der Waals surface area contributed by atoms with Crippen molar-refractivity contribution in [3.63, 3.8) is 0 Å². The van der Waals surface area contributed by atoms with Crippen LogP contribution < -0.4 is 10.6 Å². The summed E-state index contributed by atoms with van der Waals surface area (Å²) >= 11 is 5.83. The van der Waals surface area contributed by atoms with Gasteiger partial charge in [-0.25, -0.2) is 0 Å². The molecule has 0 radical (unpaired) electrons. The van der Waals surface area contributed by atoms with E-state index in [1.165, 1.54) is 0 Å². The highest BCUT2D eigenvalue weighted by atomic mass is 35.5. The third-order valence-corrected chi connectivity index (χ3v) is 4.34. The minimum Gasteiger partial charge on any atom is -0.341 e. The van der Waals surface area contributed by atoms with Crippen molar-refractivity contribution < 1.29 is 9.32 Å². The summed E-state index contributed by atoms with van der Waals surface area (Å²) < 4.78 is 5.33. The Morgan fingerprint density at radius 3 is 2.84 bits per heavy atom. The minimum atomic E-state index is -0.378. The normalized spacial score (nSPS) is 19.1. The predicted octanol–water partition coefficient (Wildman–Crippen LogP) is 2.21. The van der Waals surface area contributed by atoms with E-state index in [0.717, 1.165) is 19.6 Å². The first kappa shape index (κ1) is 19.7. The predicted molar refractivity (Wildman–Crippen MR) is 97.1 cm³/mol. The second-order valence-corrected chi connectivity index (χ2v) is 6.33. The summed E-state index contributed by atoms with van der Waals surface area (Å²) in [5.41, 5.74) is 0.530. The quantitative estimate of drug-likeness (QED) is 0.839. The van der Waals surface area contributed by atoms with E-state index in [1.807, 2.05) is 14.0 Å². The summed E-state index contributed by atoms with van der Waals surface area (Å²) in [6.07, 6.45) is 0. The van der Waals surface area contributed by atoms with Crippen LogP contribution in [0.15, 0.2) is 28.8 Å². The lowest BCUT2D eigenvalue weighted by Gasteiger charge is -2.30.